The number of hydrogen-bond donors (Lipinski definition) is 1. The van der Waals surface area contributed by atoms with Gasteiger partial charge in [0, 0.05) is 5.56 Å². The first-order valence-electron chi connectivity index (χ1n) is 3.10. The van der Waals surface area contributed by atoms with Gasteiger partial charge >= 0.3 is 29.6 Å². The van der Waals surface area contributed by atoms with Gasteiger partial charge < -0.3 is 14.6 Å². The van der Waals surface area contributed by atoms with Crippen molar-refractivity contribution >= 4 is 6.47 Å². The van der Waals surface area contributed by atoms with E-state index in [2.05, 4.69) is 4.74 Å². The SMILES string of the molecule is O=[C-]OCc1ccccc1O.[Na+]. The molecule has 0 saturated heterocycles. The second-order valence-electron chi connectivity index (χ2n) is 2.00. The van der Waals surface area contributed by atoms with Gasteiger partial charge in [-0.25, -0.2) is 0 Å². The first-order valence-corrected chi connectivity index (χ1v) is 3.10. The maximum absolute atomic E-state index is 9.66. The van der Waals surface area contributed by atoms with E-state index in [-0.39, 0.29) is 41.9 Å². The Balaban J connectivity index is 0.00000121. The Hall–Kier alpha value is -0.510. The van der Waals surface area contributed by atoms with Gasteiger partial charge in [0.25, 0.3) is 0 Å². The van der Waals surface area contributed by atoms with Gasteiger partial charge in [0.1, 0.15) is 5.75 Å². The number of phenolic OH excluding ortho intramolecular Hbond substituents is 1. The van der Waals surface area contributed by atoms with Gasteiger partial charge in [0.15, 0.2) is 0 Å². The second kappa shape index (κ2) is 6.06. The van der Waals surface area contributed by atoms with E-state index in [1.165, 1.54) is 12.5 Å². The van der Waals surface area contributed by atoms with Crippen molar-refractivity contribution in [2.24, 2.45) is 0 Å². The molecule has 0 radical (unpaired) electrons. The Bertz CT molecular complexity index is 250. The summed E-state index contributed by atoms with van der Waals surface area (Å²) in [5.74, 6) is 0.128. The summed E-state index contributed by atoms with van der Waals surface area (Å²) in [5, 5.41) is 9.13. The number of benzene rings is 1. The maximum Gasteiger partial charge on any atom is 1.00 e. The smallest absolute Gasteiger partial charge is 0.650 e. The zero-order chi connectivity index (χ0) is 8.10. The Morgan fingerprint density at radius 3 is 2.67 bits per heavy atom. The standard InChI is InChI=1S/C8H7O3.Na/c9-6-11-5-7-3-1-2-4-8(7)10;/h1-4,10H,5H2;/q-1;+1. The molecular weight excluding hydrogens is 167 g/mol. The number of ether oxygens (including phenoxy) is 1. The maximum atomic E-state index is 9.66. The van der Waals surface area contributed by atoms with Crippen LogP contribution >= 0.6 is 0 Å². The molecule has 0 aromatic heterocycles. The zero-order valence-electron chi connectivity index (χ0n) is 6.78. The van der Waals surface area contributed by atoms with Crippen molar-refractivity contribution in [3.63, 3.8) is 0 Å². The molecule has 1 aromatic carbocycles. The summed E-state index contributed by atoms with van der Waals surface area (Å²) in [5.41, 5.74) is 0.579. The fraction of sp³-hybridized carbons (Fsp3) is 0.125. The molecule has 1 N–H and O–H groups in total. The van der Waals surface area contributed by atoms with E-state index in [0.29, 0.717) is 5.56 Å². The normalized spacial score (nSPS) is 8.33. The molecule has 58 valence electrons. The van der Waals surface area contributed by atoms with E-state index in [1.807, 2.05) is 0 Å². The van der Waals surface area contributed by atoms with E-state index in [1.54, 1.807) is 18.2 Å². The summed E-state index contributed by atoms with van der Waals surface area (Å²) in [7, 11) is 0. The molecule has 0 amide bonds. The molecule has 1 aromatic rings. The summed E-state index contributed by atoms with van der Waals surface area (Å²) in [6.07, 6.45) is 0. The van der Waals surface area contributed by atoms with Gasteiger partial charge in [-0.15, -0.1) is 0 Å². The molecule has 0 aliphatic rings. The van der Waals surface area contributed by atoms with E-state index in [4.69, 9.17) is 5.11 Å². The van der Waals surface area contributed by atoms with Crippen LogP contribution in [-0.4, -0.2) is 11.6 Å². The zero-order valence-corrected chi connectivity index (χ0v) is 8.78. The molecule has 0 spiro atoms. The number of carbonyl (C=O) groups excluding carboxylic acids is 1. The molecule has 12 heavy (non-hydrogen) atoms. The molecule has 0 aliphatic carbocycles. The first kappa shape index (κ1) is 11.5. The van der Waals surface area contributed by atoms with Crippen molar-refractivity contribution in [3.05, 3.63) is 29.8 Å². The van der Waals surface area contributed by atoms with Crippen LogP contribution in [0.4, 0.5) is 0 Å². The third-order valence-corrected chi connectivity index (χ3v) is 1.28. The average Bonchev–Trinajstić information content (AvgIpc) is 2.03. The van der Waals surface area contributed by atoms with Gasteiger partial charge in [-0.05, 0) is 6.07 Å². The predicted octanol–water partition coefficient (Wildman–Crippen LogP) is -2.02. The van der Waals surface area contributed by atoms with Gasteiger partial charge in [-0.3, -0.25) is 0 Å². The molecular formula is C8H7NaO3. The van der Waals surface area contributed by atoms with E-state index in [9.17, 15) is 4.79 Å². The molecule has 0 unspecified atom stereocenters. The Labute approximate surface area is 92.6 Å². The van der Waals surface area contributed by atoms with Gasteiger partial charge in [-0.1, -0.05) is 24.7 Å². The predicted molar refractivity (Wildman–Crippen MR) is 38.6 cm³/mol. The topological polar surface area (TPSA) is 46.5 Å². The molecule has 0 fully saturated rings. The minimum Gasteiger partial charge on any atom is -0.650 e. The number of para-hydroxylation sites is 1. The molecule has 0 aliphatic heterocycles. The van der Waals surface area contributed by atoms with Crippen molar-refractivity contribution < 1.29 is 44.2 Å². The molecule has 1 rings (SSSR count). The van der Waals surface area contributed by atoms with Crippen LogP contribution in [0, 0.1) is 0 Å². The van der Waals surface area contributed by atoms with Crippen molar-refractivity contribution in [2.45, 2.75) is 6.61 Å². The molecule has 0 heterocycles. The Morgan fingerprint density at radius 1 is 1.42 bits per heavy atom. The van der Waals surface area contributed by atoms with Gasteiger partial charge in [0.05, 0.1) is 6.61 Å². The van der Waals surface area contributed by atoms with E-state index >= 15 is 0 Å². The second-order valence-corrected chi connectivity index (χ2v) is 2.00. The summed E-state index contributed by atoms with van der Waals surface area (Å²) in [6.45, 7) is 1.35. The fourth-order valence-electron chi connectivity index (χ4n) is 0.740. The monoisotopic (exact) mass is 174 g/mol. The summed E-state index contributed by atoms with van der Waals surface area (Å²) < 4.78 is 4.33. The number of hydrogen-bond acceptors (Lipinski definition) is 3. The largest absolute Gasteiger partial charge is 1.00 e. The summed E-state index contributed by atoms with van der Waals surface area (Å²) in [6, 6.07) is 6.66. The number of phenols is 1. The average molecular weight is 174 g/mol. The summed E-state index contributed by atoms with van der Waals surface area (Å²) >= 11 is 0. The van der Waals surface area contributed by atoms with Crippen LogP contribution < -0.4 is 29.6 Å². The Kier molecular flexibility index (Phi) is 5.80. The van der Waals surface area contributed by atoms with Crippen molar-refractivity contribution in [2.75, 3.05) is 0 Å². The van der Waals surface area contributed by atoms with E-state index in [0.717, 1.165) is 0 Å². The van der Waals surface area contributed by atoms with Crippen LogP contribution in [0.1, 0.15) is 5.56 Å². The van der Waals surface area contributed by atoms with Crippen molar-refractivity contribution in [3.8, 4) is 5.75 Å². The molecule has 0 saturated carbocycles. The van der Waals surface area contributed by atoms with Crippen LogP contribution in [0.15, 0.2) is 24.3 Å². The Morgan fingerprint density at radius 2 is 2.08 bits per heavy atom. The molecule has 3 nitrogen and oxygen atoms in total. The van der Waals surface area contributed by atoms with Crippen LogP contribution in [0.3, 0.4) is 0 Å². The number of aromatic hydroxyl groups is 1. The third kappa shape index (κ3) is 3.26. The van der Waals surface area contributed by atoms with Crippen molar-refractivity contribution in [1.29, 1.82) is 0 Å². The number of rotatable bonds is 3. The van der Waals surface area contributed by atoms with Crippen LogP contribution in [-0.2, 0) is 16.1 Å². The van der Waals surface area contributed by atoms with E-state index < -0.39 is 0 Å². The quantitative estimate of drug-likeness (QED) is 0.425. The van der Waals surface area contributed by atoms with Crippen LogP contribution in [0.2, 0.25) is 0 Å². The van der Waals surface area contributed by atoms with Crippen LogP contribution in [0.5, 0.6) is 5.75 Å². The van der Waals surface area contributed by atoms with Gasteiger partial charge in [-0.2, -0.15) is 0 Å². The molecule has 0 bridgehead atoms. The minimum absolute atomic E-state index is 0. The van der Waals surface area contributed by atoms with Crippen LogP contribution in [0.25, 0.3) is 0 Å². The third-order valence-electron chi connectivity index (χ3n) is 1.28. The fourth-order valence-corrected chi connectivity index (χ4v) is 0.740. The minimum atomic E-state index is 0. The summed E-state index contributed by atoms with van der Waals surface area (Å²) in [4.78, 5) is 9.66. The molecule has 4 heteroatoms. The first-order chi connectivity index (χ1) is 5.34. The van der Waals surface area contributed by atoms with Crippen molar-refractivity contribution in [1.82, 2.24) is 0 Å². The van der Waals surface area contributed by atoms with Gasteiger partial charge in [0.2, 0.25) is 0 Å². The molecule has 0 atom stereocenters.